The SMILES string of the molecule is Cc1nn(C)c(C)c1-c1nc(NCc2nc3ccccc3[nH]2)c2ncn(CCN3CCCC3=O)c2n1. The number of H-pyrrole nitrogens is 1. The summed E-state index contributed by atoms with van der Waals surface area (Å²) in [6, 6.07) is 7.95. The fourth-order valence-electron chi connectivity index (χ4n) is 4.87. The van der Waals surface area contributed by atoms with Crippen LogP contribution in [0.15, 0.2) is 30.6 Å². The number of likely N-dealkylation sites (tertiary alicyclic amines) is 1. The van der Waals surface area contributed by atoms with E-state index >= 15 is 0 Å². The van der Waals surface area contributed by atoms with Gasteiger partial charge in [-0.05, 0) is 32.4 Å². The van der Waals surface area contributed by atoms with E-state index in [2.05, 4.69) is 25.4 Å². The van der Waals surface area contributed by atoms with Crippen molar-refractivity contribution in [2.75, 3.05) is 18.4 Å². The molecule has 1 aromatic carbocycles. The van der Waals surface area contributed by atoms with E-state index in [4.69, 9.17) is 9.97 Å². The number of anilines is 1. The van der Waals surface area contributed by atoms with Gasteiger partial charge in [-0.15, -0.1) is 0 Å². The lowest BCUT2D eigenvalue weighted by Gasteiger charge is -2.16. The van der Waals surface area contributed by atoms with Gasteiger partial charge in [-0.2, -0.15) is 5.10 Å². The molecule has 0 atom stereocenters. The zero-order valence-corrected chi connectivity index (χ0v) is 20.6. The summed E-state index contributed by atoms with van der Waals surface area (Å²) >= 11 is 0. The van der Waals surface area contributed by atoms with Gasteiger partial charge >= 0.3 is 0 Å². The maximum Gasteiger partial charge on any atom is 0.222 e. The van der Waals surface area contributed by atoms with Crippen LogP contribution < -0.4 is 5.32 Å². The minimum absolute atomic E-state index is 0.213. The molecule has 11 heteroatoms. The minimum atomic E-state index is 0.213. The van der Waals surface area contributed by atoms with Crippen LogP contribution in [0, 0.1) is 13.8 Å². The number of amides is 1. The highest BCUT2D eigenvalue weighted by molar-refractivity contribution is 5.85. The van der Waals surface area contributed by atoms with E-state index in [1.165, 1.54) is 0 Å². The average Bonchev–Trinajstić information content (AvgIpc) is 3.62. The third kappa shape index (κ3) is 3.86. The van der Waals surface area contributed by atoms with Crippen LogP contribution in [0.3, 0.4) is 0 Å². The van der Waals surface area contributed by atoms with Crippen molar-refractivity contribution in [1.29, 1.82) is 0 Å². The zero-order valence-electron chi connectivity index (χ0n) is 20.6. The lowest BCUT2D eigenvalue weighted by atomic mass is 10.2. The summed E-state index contributed by atoms with van der Waals surface area (Å²) in [6.45, 7) is 6.50. The lowest BCUT2D eigenvalue weighted by Crippen LogP contribution is -2.28. The average molecular weight is 485 g/mol. The Kier molecular flexibility index (Phi) is 5.39. The number of nitrogens with one attached hydrogen (secondary N) is 2. The molecule has 11 nitrogen and oxygen atoms in total. The fraction of sp³-hybridized carbons (Fsp3) is 0.360. The van der Waals surface area contributed by atoms with Crippen LogP contribution in [0.4, 0.5) is 5.82 Å². The van der Waals surface area contributed by atoms with Gasteiger partial charge in [-0.25, -0.2) is 19.9 Å². The Hall–Kier alpha value is -4.28. The number of para-hydroxylation sites is 2. The highest BCUT2D eigenvalue weighted by Crippen LogP contribution is 2.28. The number of hydrogen-bond acceptors (Lipinski definition) is 7. The summed E-state index contributed by atoms with van der Waals surface area (Å²) in [6.07, 6.45) is 3.33. The van der Waals surface area contributed by atoms with Crippen molar-refractivity contribution in [2.45, 2.75) is 39.8 Å². The van der Waals surface area contributed by atoms with Gasteiger partial charge in [0, 0.05) is 38.8 Å². The molecule has 0 unspecified atom stereocenters. The predicted molar refractivity (Wildman–Crippen MR) is 136 cm³/mol. The zero-order chi connectivity index (χ0) is 24.8. The van der Waals surface area contributed by atoms with Crippen molar-refractivity contribution in [3.8, 4) is 11.4 Å². The number of aryl methyl sites for hydroxylation is 2. The second-order valence-corrected chi connectivity index (χ2v) is 9.21. The van der Waals surface area contributed by atoms with Crippen LogP contribution >= 0.6 is 0 Å². The molecule has 36 heavy (non-hydrogen) atoms. The number of benzene rings is 1. The van der Waals surface area contributed by atoms with Crippen molar-refractivity contribution in [3.05, 3.63) is 47.8 Å². The third-order valence-corrected chi connectivity index (χ3v) is 6.84. The standard InChI is InChI=1S/C25H28N10O/c1-15-21(16(2)33(3)32-15)23-30-24(26-13-19-28-17-7-4-5-8-18(17)29-19)22-25(31-23)35(14-27-22)12-11-34-10-6-9-20(34)36/h4-5,7-8,14H,6,9-13H2,1-3H3,(H,28,29)(H,26,30,31). The molecule has 4 aromatic heterocycles. The van der Waals surface area contributed by atoms with Gasteiger partial charge in [0.15, 0.2) is 17.3 Å². The van der Waals surface area contributed by atoms with Crippen LogP contribution in [-0.2, 0) is 24.9 Å². The Morgan fingerprint density at radius 3 is 2.72 bits per heavy atom. The Bertz CT molecular complexity index is 1560. The summed E-state index contributed by atoms with van der Waals surface area (Å²) < 4.78 is 3.84. The monoisotopic (exact) mass is 484 g/mol. The van der Waals surface area contributed by atoms with E-state index in [-0.39, 0.29) is 5.91 Å². The predicted octanol–water partition coefficient (Wildman–Crippen LogP) is 2.95. The van der Waals surface area contributed by atoms with Crippen molar-refractivity contribution in [3.63, 3.8) is 0 Å². The Balaban J connectivity index is 1.37. The second-order valence-electron chi connectivity index (χ2n) is 9.21. The molecule has 0 saturated carbocycles. The normalized spacial score (nSPS) is 14.0. The molecule has 1 aliphatic heterocycles. The molecule has 1 fully saturated rings. The van der Waals surface area contributed by atoms with Gasteiger partial charge in [0.1, 0.15) is 11.3 Å². The van der Waals surface area contributed by atoms with Gasteiger partial charge in [0.05, 0.1) is 35.2 Å². The molecule has 6 rings (SSSR count). The fourth-order valence-corrected chi connectivity index (χ4v) is 4.87. The maximum atomic E-state index is 12.1. The molecule has 1 amide bonds. The molecule has 5 heterocycles. The first-order valence-corrected chi connectivity index (χ1v) is 12.2. The van der Waals surface area contributed by atoms with Gasteiger partial charge < -0.3 is 19.8 Å². The Labute approximate surface area is 207 Å². The maximum absolute atomic E-state index is 12.1. The van der Waals surface area contributed by atoms with E-state index in [0.29, 0.717) is 43.2 Å². The summed E-state index contributed by atoms with van der Waals surface area (Å²) in [5.74, 6) is 2.25. The molecule has 2 N–H and O–H groups in total. The molecule has 5 aromatic rings. The molecule has 184 valence electrons. The van der Waals surface area contributed by atoms with E-state index in [0.717, 1.165) is 52.4 Å². The summed E-state index contributed by atoms with van der Waals surface area (Å²) in [7, 11) is 1.92. The van der Waals surface area contributed by atoms with Gasteiger partial charge in [0.25, 0.3) is 0 Å². The van der Waals surface area contributed by atoms with Gasteiger partial charge in [-0.3, -0.25) is 9.48 Å². The Morgan fingerprint density at radius 2 is 1.97 bits per heavy atom. The number of aromatic nitrogens is 8. The molecule has 0 radical (unpaired) electrons. The van der Waals surface area contributed by atoms with Crippen LogP contribution in [0.2, 0.25) is 0 Å². The van der Waals surface area contributed by atoms with Gasteiger partial charge in [0.2, 0.25) is 5.91 Å². The number of carbonyl (C=O) groups excluding carboxylic acids is 1. The topological polar surface area (TPSA) is 122 Å². The van der Waals surface area contributed by atoms with Crippen molar-refractivity contribution in [2.24, 2.45) is 7.05 Å². The number of nitrogens with zero attached hydrogens (tertiary/aromatic N) is 8. The summed E-state index contributed by atoms with van der Waals surface area (Å²) in [4.78, 5) is 36.5. The summed E-state index contributed by atoms with van der Waals surface area (Å²) in [5, 5.41) is 7.98. The first-order valence-electron chi connectivity index (χ1n) is 12.2. The smallest absolute Gasteiger partial charge is 0.222 e. The molecule has 1 saturated heterocycles. The van der Waals surface area contributed by atoms with Crippen LogP contribution in [0.5, 0.6) is 0 Å². The highest BCUT2D eigenvalue weighted by atomic mass is 16.2. The highest BCUT2D eigenvalue weighted by Gasteiger charge is 2.22. The van der Waals surface area contributed by atoms with Crippen LogP contribution in [0.1, 0.15) is 30.1 Å². The summed E-state index contributed by atoms with van der Waals surface area (Å²) in [5.41, 5.74) is 6.09. The number of hydrogen-bond donors (Lipinski definition) is 2. The third-order valence-electron chi connectivity index (χ3n) is 6.84. The molecule has 0 bridgehead atoms. The molecule has 1 aliphatic rings. The number of fused-ring (bicyclic) bond motifs is 2. The number of aromatic amines is 1. The van der Waals surface area contributed by atoms with Gasteiger partial charge in [-0.1, -0.05) is 12.1 Å². The Morgan fingerprint density at radius 1 is 1.11 bits per heavy atom. The van der Waals surface area contributed by atoms with E-state index in [9.17, 15) is 4.79 Å². The van der Waals surface area contributed by atoms with Crippen LogP contribution in [-0.4, -0.2) is 63.2 Å². The van der Waals surface area contributed by atoms with Crippen molar-refractivity contribution < 1.29 is 4.79 Å². The lowest BCUT2D eigenvalue weighted by molar-refractivity contribution is -0.127. The first kappa shape index (κ1) is 22.2. The van der Waals surface area contributed by atoms with Crippen molar-refractivity contribution >= 4 is 33.9 Å². The van der Waals surface area contributed by atoms with Crippen molar-refractivity contribution in [1.82, 2.24) is 44.2 Å². The second kappa shape index (κ2) is 8.74. The number of imidazole rings is 2. The molecular formula is C25H28N10O. The van der Waals surface area contributed by atoms with Crippen LogP contribution in [0.25, 0.3) is 33.6 Å². The molecule has 0 spiro atoms. The first-order chi connectivity index (χ1) is 17.5. The molecular weight excluding hydrogens is 456 g/mol. The molecule has 0 aliphatic carbocycles. The minimum Gasteiger partial charge on any atom is -0.361 e. The number of carbonyl (C=O) groups is 1. The largest absolute Gasteiger partial charge is 0.361 e. The number of rotatable bonds is 7. The van der Waals surface area contributed by atoms with E-state index < -0.39 is 0 Å². The van der Waals surface area contributed by atoms with E-state index in [1.807, 2.05) is 59.3 Å². The quantitative estimate of drug-likeness (QED) is 0.364. The van der Waals surface area contributed by atoms with E-state index in [1.54, 1.807) is 6.33 Å².